The summed E-state index contributed by atoms with van der Waals surface area (Å²) >= 11 is 0. The molecule has 1 amide bonds. The molecule has 1 aliphatic heterocycles. The fourth-order valence-corrected chi connectivity index (χ4v) is 5.03. The highest BCUT2D eigenvalue weighted by molar-refractivity contribution is 7.85. The summed E-state index contributed by atoms with van der Waals surface area (Å²) in [6.45, 7) is -0.775. The number of para-hydroxylation sites is 1. The number of aliphatic hydroxyl groups is 2. The fourth-order valence-electron chi connectivity index (χ4n) is 4.33. The van der Waals surface area contributed by atoms with Crippen LogP contribution in [-0.4, -0.2) is 94.1 Å². The van der Waals surface area contributed by atoms with E-state index in [9.17, 15) is 28.5 Å². The van der Waals surface area contributed by atoms with Gasteiger partial charge in [0.15, 0.2) is 17.7 Å². The maximum Gasteiger partial charge on any atom is 0.362 e. The van der Waals surface area contributed by atoms with Gasteiger partial charge in [-0.1, -0.05) is 23.4 Å². The van der Waals surface area contributed by atoms with E-state index in [1.54, 1.807) is 35.3 Å². The molecule has 19 heteroatoms. The highest BCUT2D eigenvalue weighted by Gasteiger charge is 2.45. The number of carbonyl (C=O) groups excluding carboxylic acids is 1. The number of nitrogens with zero attached hydrogens (tertiary/aromatic N) is 8. The smallest absolute Gasteiger partial charge is 0.362 e. The van der Waals surface area contributed by atoms with Gasteiger partial charge in [-0.3, -0.25) is 18.5 Å². The predicted molar refractivity (Wildman–Crippen MR) is 144 cm³/mol. The van der Waals surface area contributed by atoms with Gasteiger partial charge in [0.1, 0.15) is 35.3 Å². The summed E-state index contributed by atoms with van der Waals surface area (Å²) in [6, 6.07) is 10.6. The summed E-state index contributed by atoms with van der Waals surface area (Å²) < 4.78 is 39.5. The van der Waals surface area contributed by atoms with Crippen molar-refractivity contribution in [3.05, 3.63) is 66.7 Å². The van der Waals surface area contributed by atoms with Crippen molar-refractivity contribution in [3.8, 4) is 23.1 Å². The third kappa shape index (κ3) is 5.45. The average Bonchev–Trinajstić information content (AvgIpc) is 3.71. The summed E-state index contributed by atoms with van der Waals surface area (Å²) in [7, 11) is -4.70. The first-order valence-corrected chi connectivity index (χ1v) is 13.9. The van der Waals surface area contributed by atoms with Gasteiger partial charge in [-0.15, -0.1) is 5.10 Å². The molecule has 5 heterocycles. The third-order valence-corrected chi connectivity index (χ3v) is 7.31. The average molecular weight is 611 g/mol. The molecule has 6 N–H and O–H groups in total. The lowest BCUT2D eigenvalue weighted by molar-refractivity contribution is -0.0468. The zero-order valence-electron chi connectivity index (χ0n) is 21.7. The number of nitrogens with two attached hydrogens (primary N) is 1. The van der Waals surface area contributed by atoms with Gasteiger partial charge in [0.25, 0.3) is 11.9 Å². The molecule has 0 bridgehead atoms. The summed E-state index contributed by atoms with van der Waals surface area (Å²) in [6.07, 6.45) is -1.44. The Labute approximate surface area is 241 Å². The van der Waals surface area contributed by atoms with Crippen molar-refractivity contribution in [3.63, 3.8) is 0 Å². The molecule has 18 nitrogen and oxygen atoms in total. The number of hydrogen-bond acceptors (Lipinski definition) is 15. The Hall–Kier alpha value is -5.08. The Morgan fingerprint density at radius 1 is 1.07 bits per heavy atom. The number of pyridine rings is 1. The molecular formula is C24H22N10O8S. The number of hydrogen-bond donors (Lipinski definition) is 5. The lowest BCUT2D eigenvalue weighted by atomic mass is 10.1. The third-order valence-electron chi connectivity index (χ3n) is 6.43. The first-order valence-electron chi connectivity index (χ1n) is 12.5. The molecule has 1 aromatic carbocycles. The number of ether oxygens (including phenoxy) is 1. The van der Waals surface area contributed by atoms with E-state index in [-0.39, 0.29) is 28.5 Å². The van der Waals surface area contributed by atoms with Crippen LogP contribution in [0.2, 0.25) is 0 Å². The van der Waals surface area contributed by atoms with Crippen molar-refractivity contribution >= 4 is 33.2 Å². The number of amides is 1. The van der Waals surface area contributed by atoms with Crippen LogP contribution in [0, 0.1) is 0 Å². The van der Waals surface area contributed by atoms with E-state index >= 15 is 0 Å². The van der Waals surface area contributed by atoms with Gasteiger partial charge >= 0.3 is 10.3 Å². The first-order chi connectivity index (χ1) is 20.6. The van der Waals surface area contributed by atoms with Gasteiger partial charge < -0.3 is 25.8 Å². The maximum absolute atomic E-state index is 12.4. The summed E-state index contributed by atoms with van der Waals surface area (Å²) in [5.74, 6) is -1.58. The number of phenolic OH excluding ortho intramolecular Hbond substituents is 1. The molecular weight excluding hydrogens is 588 g/mol. The molecule has 0 spiro atoms. The molecule has 1 saturated heterocycles. The number of aromatic hydroxyl groups is 1. The number of rotatable bonds is 8. The molecule has 0 unspecified atom stereocenters. The van der Waals surface area contributed by atoms with Crippen molar-refractivity contribution in [2.75, 3.05) is 12.3 Å². The van der Waals surface area contributed by atoms with Crippen LogP contribution >= 0.6 is 0 Å². The van der Waals surface area contributed by atoms with Crippen molar-refractivity contribution < 1.29 is 37.5 Å². The van der Waals surface area contributed by atoms with E-state index < -0.39 is 53.1 Å². The second kappa shape index (κ2) is 11.0. The number of aromatic nitrogens is 8. The lowest BCUT2D eigenvalue weighted by Gasteiger charge is -2.16. The molecule has 43 heavy (non-hydrogen) atoms. The number of benzene rings is 1. The minimum absolute atomic E-state index is 0.0145. The van der Waals surface area contributed by atoms with E-state index in [1.807, 2.05) is 0 Å². The summed E-state index contributed by atoms with van der Waals surface area (Å²) in [5.41, 5.74) is 7.10. The Morgan fingerprint density at radius 3 is 2.63 bits per heavy atom. The second-order valence-corrected chi connectivity index (χ2v) is 10.6. The van der Waals surface area contributed by atoms with E-state index in [0.29, 0.717) is 11.4 Å². The van der Waals surface area contributed by atoms with Gasteiger partial charge in [0.2, 0.25) is 0 Å². The molecule has 6 rings (SSSR count). The van der Waals surface area contributed by atoms with Crippen molar-refractivity contribution in [2.45, 2.75) is 24.5 Å². The molecule has 4 aromatic heterocycles. The van der Waals surface area contributed by atoms with Crippen LogP contribution in [-0.2, 0) is 19.2 Å². The van der Waals surface area contributed by atoms with Crippen LogP contribution in [0.3, 0.4) is 0 Å². The van der Waals surface area contributed by atoms with Crippen LogP contribution in [0.5, 0.6) is 5.75 Å². The number of aliphatic hydroxyl groups excluding tert-OH is 2. The van der Waals surface area contributed by atoms with Crippen LogP contribution in [0.4, 0.5) is 5.82 Å². The highest BCUT2D eigenvalue weighted by atomic mass is 32.2. The topological polar surface area (TPSA) is 256 Å². The highest BCUT2D eigenvalue weighted by Crippen LogP contribution is 2.33. The van der Waals surface area contributed by atoms with Gasteiger partial charge in [0.05, 0.1) is 30.4 Å². The van der Waals surface area contributed by atoms with Gasteiger partial charge in [-0.25, -0.2) is 9.71 Å². The van der Waals surface area contributed by atoms with E-state index in [0.717, 1.165) is 0 Å². The zero-order chi connectivity index (χ0) is 30.3. The quantitative estimate of drug-likeness (QED) is 0.142. The Kier molecular flexibility index (Phi) is 7.15. The monoisotopic (exact) mass is 610 g/mol. The first kappa shape index (κ1) is 28.1. The number of nitrogen functional groups attached to an aromatic ring is 1. The number of carbonyl (C=O) groups is 1. The lowest BCUT2D eigenvalue weighted by Crippen LogP contribution is -2.37. The summed E-state index contributed by atoms with van der Waals surface area (Å²) in [4.78, 5) is 29.3. The number of anilines is 1. The van der Waals surface area contributed by atoms with Crippen molar-refractivity contribution in [1.29, 1.82) is 0 Å². The minimum Gasteiger partial charge on any atom is -0.507 e. The van der Waals surface area contributed by atoms with Crippen LogP contribution in [0.15, 0.2) is 61.2 Å². The standard InChI is InChI=1S/C24H22N10O8S/c25-20-17-21(29-24(28-20)34-9-14(30-32-34)13-6-3-4-8-26-13)33(11-27-17)23-19(37)18(36)16(42-23)10-41-43(39,40)31-22(38)12-5-1-2-7-15(12)35/h1-9,11,16,18-19,23,35-37H,10H2,(H,31,38)(H2,25,28,29)/t16-,18-,19-,23-/m1/s1. The van der Waals surface area contributed by atoms with Crippen molar-refractivity contribution in [2.24, 2.45) is 0 Å². The van der Waals surface area contributed by atoms with Gasteiger partial charge in [-0.2, -0.15) is 23.1 Å². The number of fused-ring (bicyclic) bond motifs is 1. The largest absolute Gasteiger partial charge is 0.507 e. The maximum atomic E-state index is 12.4. The number of phenols is 1. The molecule has 1 aliphatic rings. The fraction of sp³-hybridized carbons (Fsp3) is 0.208. The molecule has 0 aliphatic carbocycles. The zero-order valence-corrected chi connectivity index (χ0v) is 22.6. The minimum atomic E-state index is -4.70. The van der Waals surface area contributed by atoms with E-state index in [2.05, 4.69) is 30.2 Å². The van der Waals surface area contributed by atoms with E-state index in [1.165, 1.54) is 39.8 Å². The molecule has 222 valence electrons. The Morgan fingerprint density at radius 2 is 1.86 bits per heavy atom. The molecule has 0 radical (unpaired) electrons. The SMILES string of the molecule is Nc1nc(-n2cc(-c3ccccn3)nn2)nc2c1ncn2[C@@H]1O[C@H](COS(=O)(=O)NC(=O)c2ccccc2O)[C@@H](O)[C@H]1O. The Bertz CT molecular complexity index is 1920. The predicted octanol–water partition coefficient (Wildman–Crippen LogP) is -0.933. The normalized spacial score (nSPS) is 20.4. The van der Waals surface area contributed by atoms with E-state index in [4.69, 9.17) is 14.7 Å². The van der Waals surface area contributed by atoms with Crippen LogP contribution in [0.25, 0.3) is 28.5 Å². The number of nitrogens with one attached hydrogen (secondary N) is 1. The summed E-state index contributed by atoms with van der Waals surface area (Å²) in [5, 5.41) is 39.2. The molecule has 5 aromatic rings. The Balaban J connectivity index is 1.20. The molecule has 4 atom stereocenters. The van der Waals surface area contributed by atoms with Crippen molar-refractivity contribution in [1.82, 2.24) is 44.2 Å². The number of imidazole rings is 1. The second-order valence-electron chi connectivity index (χ2n) is 9.23. The molecule has 1 fully saturated rings. The van der Waals surface area contributed by atoms with Gasteiger partial charge in [0, 0.05) is 6.20 Å². The van der Waals surface area contributed by atoms with Crippen LogP contribution in [0.1, 0.15) is 16.6 Å². The molecule has 0 saturated carbocycles. The van der Waals surface area contributed by atoms with Crippen LogP contribution < -0.4 is 10.5 Å². The van der Waals surface area contributed by atoms with Gasteiger partial charge in [-0.05, 0) is 24.3 Å².